The molecule has 18 heavy (non-hydrogen) atoms. The minimum atomic E-state index is 0.382. The molecule has 0 aliphatic heterocycles. The molecule has 2 rings (SSSR count). The molecular formula is C14H19N3S. The first-order valence-corrected chi connectivity index (χ1v) is 7.18. The lowest BCUT2D eigenvalue weighted by molar-refractivity contribution is 0.745. The van der Waals surface area contributed by atoms with Gasteiger partial charge in [-0.3, -0.25) is 0 Å². The predicted molar refractivity (Wildman–Crippen MR) is 76.1 cm³/mol. The summed E-state index contributed by atoms with van der Waals surface area (Å²) in [6, 6.07) is 10.6. The first kappa shape index (κ1) is 13.2. The van der Waals surface area contributed by atoms with Crippen LogP contribution in [0.1, 0.15) is 34.8 Å². The maximum absolute atomic E-state index is 4.36. The van der Waals surface area contributed by atoms with E-state index in [1.165, 1.54) is 5.56 Å². The maximum atomic E-state index is 4.36. The molecule has 3 nitrogen and oxygen atoms in total. The van der Waals surface area contributed by atoms with Crippen LogP contribution in [-0.2, 0) is 6.42 Å². The van der Waals surface area contributed by atoms with Gasteiger partial charge in [-0.2, -0.15) is 0 Å². The number of nitrogens with one attached hydrogen (secondary N) is 1. The van der Waals surface area contributed by atoms with E-state index in [4.69, 9.17) is 0 Å². The SMILES string of the molecule is CCC(c1ccccc1)c1nnc(CCNC)s1. The molecule has 0 bridgehead atoms. The maximum Gasteiger partial charge on any atom is 0.124 e. The van der Waals surface area contributed by atoms with Gasteiger partial charge < -0.3 is 5.32 Å². The van der Waals surface area contributed by atoms with E-state index in [9.17, 15) is 0 Å². The van der Waals surface area contributed by atoms with Crippen molar-refractivity contribution in [3.63, 3.8) is 0 Å². The molecule has 1 heterocycles. The van der Waals surface area contributed by atoms with E-state index in [1.807, 2.05) is 7.05 Å². The summed E-state index contributed by atoms with van der Waals surface area (Å²) in [7, 11) is 1.96. The molecule has 0 saturated carbocycles. The van der Waals surface area contributed by atoms with Gasteiger partial charge in [0, 0.05) is 18.9 Å². The van der Waals surface area contributed by atoms with Crippen molar-refractivity contribution in [3.8, 4) is 0 Å². The third-order valence-corrected chi connectivity index (χ3v) is 4.08. The van der Waals surface area contributed by atoms with Crippen LogP contribution in [0.2, 0.25) is 0 Å². The molecular weight excluding hydrogens is 242 g/mol. The summed E-state index contributed by atoms with van der Waals surface area (Å²) in [6.07, 6.45) is 2.02. The highest BCUT2D eigenvalue weighted by molar-refractivity contribution is 7.11. The van der Waals surface area contributed by atoms with Gasteiger partial charge in [-0.05, 0) is 19.0 Å². The molecule has 0 radical (unpaired) electrons. The van der Waals surface area contributed by atoms with Crippen molar-refractivity contribution in [3.05, 3.63) is 45.9 Å². The Hall–Kier alpha value is -1.26. The van der Waals surface area contributed by atoms with Gasteiger partial charge in [-0.25, -0.2) is 0 Å². The third kappa shape index (κ3) is 3.15. The second-order valence-corrected chi connectivity index (χ2v) is 5.35. The van der Waals surface area contributed by atoms with E-state index in [0.29, 0.717) is 5.92 Å². The highest BCUT2D eigenvalue weighted by atomic mass is 32.1. The number of likely N-dealkylation sites (N-methyl/N-ethyl adjacent to an activating group) is 1. The molecule has 0 aliphatic carbocycles. The van der Waals surface area contributed by atoms with Crippen LogP contribution in [0.15, 0.2) is 30.3 Å². The third-order valence-electron chi connectivity index (χ3n) is 2.98. The summed E-state index contributed by atoms with van der Waals surface area (Å²) in [5.41, 5.74) is 1.33. The fourth-order valence-corrected chi connectivity index (χ4v) is 3.03. The van der Waals surface area contributed by atoms with Gasteiger partial charge >= 0.3 is 0 Å². The summed E-state index contributed by atoms with van der Waals surface area (Å²) in [4.78, 5) is 0. The summed E-state index contributed by atoms with van der Waals surface area (Å²) >= 11 is 1.74. The Morgan fingerprint density at radius 3 is 2.67 bits per heavy atom. The Balaban J connectivity index is 2.15. The molecule has 2 aromatic rings. The smallest absolute Gasteiger partial charge is 0.124 e. The van der Waals surface area contributed by atoms with Crippen LogP contribution >= 0.6 is 11.3 Å². The van der Waals surface area contributed by atoms with Crippen LogP contribution < -0.4 is 5.32 Å². The zero-order valence-electron chi connectivity index (χ0n) is 10.9. The summed E-state index contributed by atoms with van der Waals surface area (Å²) in [6.45, 7) is 3.16. The molecule has 1 aromatic carbocycles. The Morgan fingerprint density at radius 1 is 1.22 bits per heavy atom. The molecule has 1 atom stereocenters. The second-order valence-electron chi connectivity index (χ2n) is 4.26. The average molecular weight is 261 g/mol. The van der Waals surface area contributed by atoms with Gasteiger partial charge in [-0.15, -0.1) is 21.5 Å². The van der Waals surface area contributed by atoms with E-state index < -0.39 is 0 Å². The zero-order valence-corrected chi connectivity index (χ0v) is 11.7. The normalized spacial score (nSPS) is 12.6. The largest absolute Gasteiger partial charge is 0.319 e. The van der Waals surface area contributed by atoms with E-state index in [2.05, 4.69) is 52.8 Å². The molecule has 4 heteroatoms. The molecule has 96 valence electrons. The lowest BCUT2D eigenvalue weighted by Crippen LogP contribution is -2.09. The van der Waals surface area contributed by atoms with Crippen LogP contribution in [0.25, 0.3) is 0 Å². The van der Waals surface area contributed by atoms with Crippen molar-refractivity contribution in [1.29, 1.82) is 0 Å². The highest BCUT2D eigenvalue weighted by Crippen LogP contribution is 2.29. The Morgan fingerprint density at radius 2 is 2.00 bits per heavy atom. The van der Waals surface area contributed by atoms with Crippen molar-refractivity contribution in [2.45, 2.75) is 25.7 Å². The molecule has 0 saturated heterocycles. The Kier molecular flexibility index (Phi) is 4.84. The lowest BCUT2D eigenvalue weighted by Gasteiger charge is -2.11. The lowest BCUT2D eigenvalue weighted by atomic mass is 9.97. The van der Waals surface area contributed by atoms with Gasteiger partial charge in [-0.1, -0.05) is 37.3 Å². The number of nitrogens with zero attached hydrogens (tertiary/aromatic N) is 2. The summed E-state index contributed by atoms with van der Waals surface area (Å²) in [5.74, 6) is 0.382. The van der Waals surface area contributed by atoms with Crippen LogP contribution in [-0.4, -0.2) is 23.8 Å². The van der Waals surface area contributed by atoms with Gasteiger partial charge in [0.05, 0.1) is 0 Å². The first-order chi connectivity index (χ1) is 8.85. The molecule has 0 fully saturated rings. The van der Waals surface area contributed by atoms with Crippen molar-refractivity contribution in [1.82, 2.24) is 15.5 Å². The van der Waals surface area contributed by atoms with Crippen molar-refractivity contribution >= 4 is 11.3 Å². The minimum Gasteiger partial charge on any atom is -0.319 e. The van der Waals surface area contributed by atoms with Gasteiger partial charge in [0.2, 0.25) is 0 Å². The molecule has 1 unspecified atom stereocenters. The predicted octanol–water partition coefficient (Wildman–Crippen LogP) is 2.84. The van der Waals surface area contributed by atoms with Crippen LogP contribution in [0.5, 0.6) is 0 Å². The Bertz CT molecular complexity index is 467. The van der Waals surface area contributed by atoms with E-state index in [0.717, 1.165) is 29.4 Å². The highest BCUT2D eigenvalue weighted by Gasteiger charge is 2.16. The van der Waals surface area contributed by atoms with Crippen molar-refractivity contribution < 1.29 is 0 Å². The summed E-state index contributed by atoms with van der Waals surface area (Å²) in [5, 5.41) is 14.0. The Labute approximate surface area is 112 Å². The van der Waals surface area contributed by atoms with Crippen LogP contribution in [0.4, 0.5) is 0 Å². The summed E-state index contributed by atoms with van der Waals surface area (Å²) < 4.78 is 0. The molecule has 0 aliphatic rings. The molecule has 1 N–H and O–H groups in total. The van der Waals surface area contributed by atoms with Gasteiger partial charge in [0.1, 0.15) is 10.0 Å². The number of benzene rings is 1. The number of rotatable bonds is 6. The quantitative estimate of drug-likeness (QED) is 0.869. The van der Waals surface area contributed by atoms with Gasteiger partial charge in [0.25, 0.3) is 0 Å². The topological polar surface area (TPSA) is 37.8 Å². The van der Waals surface area contributed by atoms with Gasteiger partial charge in [0.15, 0.2) is 0 Å². The van der Waals surface area contributed by atoms with Crippen LogP contribution in [0, 0.1) is 0 Å². The van der Waals surface area contributed by atoms with E-state index in [-0.39, 0.29) is 0 Å². The van der Waals surface area contributed by atoms with Crippen LogP contribution in [0.3, 0.4) is 0 Å². The number of hydrogen-bond donors (Lipinski definition) is 1. The molecule has 1 aromatic heterocycles. The second kappa shape index (κ2) is 6.61. The standard InChI is InChI=1S/C14H19N3S/c1-3-12(11-7-5-4-6-8-11)14-17-16-13(18-14)9-10-15-2/h4-8,12,15H,3,9-10H2,1-2H3. The average Bonchev–Trinajstić information content (AvgIpc) is 2.87. The molecule has 0 amide bonds. The number of aromatic nitrogens is 2. The number of hydrogen-bond acceptors (Lipinski definition) is 4. The minimum absolute atomic E-state index is 0.382. The van der Waals surface area contributed by atoms with E-state index in [1.54, 1.807) is 11.3 Å². The van der Waals surface area contributed by atoms with Crippen molar-refractivity contribution in [2.24, 2.45) is 0 Å². The fraction of sp³-hybridized carbons (Fsp3) is 0.429. The monoisotopic (exact) mass is 261 g/mol. The van der Waals surface area contributed by atoms with E-state index >= 15 is 0 Å². The zero-order chi connectivity index (χ0) is 12.8. The van der Waals surface area contributed by atoms with Crippen molar-refractivity contribution in [2.75, 3.05) is 13.6 Å². The fourth-order valence-electron chi connectivity index (χ4n) is 1.98. The first-order valence-electron chi connectivity index (χ1n) is 6.37. The molecule has 0 spiro atoms.